The van der Waals surface area contributed by atoms with Crippen LogP contribution in [0.2, 0.25) is 0 Å². The SMILES string of the molecule is COc1cc(C)c(C)cc1CCNC/C=C/C(=O)O. The molecule has 0 heterocycles. The van der Waals surface area contributed by atoms with Crippen molar-refractivity contribution in [3.8, 4) is 5.75 Å². The van der Waals surface area contributed by atoms with Crippen molar-refractivity contribution in [2.75, 3.05) is 20.2 Å². The molecule has 0 bridgehead atoms. The van der Waals surface area contributed by atoms with Crippen LogP contribution in [-0.4, -0.2) is 31.3 Å². The molecule has 0 atom stereocenters. The van der Waals surface area contributed by atoms with Gasteiger partial charge in [-0.1, -0.05) is 12.1 Å². The van der Waals surface area contributed by atoms with Crippen molar-refractivity contribution < 1.29 is 14.6 Å². The largest absolute Gasteiger partial charge is 0.496 e. The Hall–Kier alpha value is -1.81. The van der Waals surface area contributed by atoms with Crippen LogP contribution in [0.4, 0.5) is 0 Å². The van der Waals surface area contributed by atoms with Gasteiger partial charge in [0.1, 0.15) is 5.75 Å². The van der Waals surface area contributed by atoms with Crippen LogP contribution in [0.5, 0.6) is 5.75 Å². The normalized spacial score (nSPS) is 10.9. The van der Waals surface area contributed by atoms with Crippen LogP contribution >= 0.6 is 0 Å². The summed E-state index contributed by atoms with van der Waals surface area (Å²) >= 11 is 0. The van der Waals surface area contributed by atoms with Gasteiger partial charge >= 0.3 is 5.97 Å². The van der Waals surface area contributed by atoms with E-state index in [1.54, 1.807) is 13.2 Å². The molecule has 0 aliphatic rings. The highest BCUT2D eigenvalue weighted by molar-refractivity contribution is 5.79. The van der Waals surface area contributed by atoms with Crippen LogP contribution in [-0.2, 0) is 11.2 Å². The number of aliphatic carboxylic acids is 1. The molecule has 1 aromatic carbocycles. The predicted octanol–water partition coefficient (Wildman–Crippen LogP) is 2.08. The second-order valence-corrected chi connectivity index (χ2v) is 4.44. The van der Waals surface area contributed by atoms with E-state index in [0.29, 0.717) is 6.54 Å². The van der Waals surface area contributed by atoms with Crippen molar-refractivity contribution in [2.24, 2.45) is 0 Å². The maximum atomic E-state index is 10.3. The number of carboxylic acid groups (broad SMARTS) is 1. The number of benzene rings is 1. The molecule has 104 valence electrons. The molecule has 4 nitrogen and oxygen atoms in total. The van der Waals surface area contributed by atoms with Crippen molar-refractivity contribution in [3.63, 3.8) is 0 Å². The van der Waals surface area contributed by atoms with E-state index < -0.39 is 5.97 Å². The topological polar surface area (TPSA) is 58.6 Å². The maximum absolute atomic E-state index is 10.3. The van der Waals surface area contributed by atoms with Gasteiger partial charge in [0.25, 0.3) is 0 Å². The van der Waals surface area contributed by atoms with Gasteiger partial charge in [-0.2, -0.15) is 0 Å². The summed E-state index contributed by atoms with van der Waals surface area (Å²) in [7, 11) is 1.68. The number of hydrogen-bond donors (Lipinski definition) is 2. The smallest absolute Gasteiger partial charge is 0.328 e. The summed E-state index contributed by atoms with van der Waals surface area (Å²) in [6, 6.07) is 4.19. The van der Waals surface area contributed by atoms with Crippen molar-refractivity contribution in [3.05, 3.63) is 41.0 Å². The maximum Gasteiger partial charge on any atom is 0.328 e. The summed E-state index contributed by atoms with van der Waals surface area (Å²) in [4.78, 5) is 10.3. The first-order valence-electron chi connectivity index (χ1n) is 6.29. The highest BCUT2D eigenvalue weighted by Crippen LogP contribution is 2.23. The first-order valence-corrected chi connectivity index (χ1v) is 6.29. The van der Waals surface area contributed by atoms with E-state index >= 15 is 0 Å². The Labute approximate surface area is 114 Å². The van der Waals surface area contributed by atoms with E-state index in [4.69, 9.17) is 9.84 Å². The lowest BCUT2D eigenvalue weighted by Gasteiger charge is -2.12. The first kappa shape index (κ1) is 15.2. The third-order valence-electron chi connectivity index (χ3n) is 2.99. The number of carboxylic acids is 1. The van der Waals surface area contributed by atoms with E-state index in [-0.39, 0.29) is 0 Å². The van der Waals surface area contributed by atoms with Gasteiger partial charge in [-0.25, -0.2) is 4.79 Å². The first-order chi connectivity index (χ1) is 9.04. The monoisotopic (exact) mass is 263 g/mol. The molecule has 19 heavy (non-hydrogen) atoms. The summed E-state index contributed by atoms with van der Waals surface area (Å²) in [5.41, 5.74) is 3.64. The second-order valence-electron chi connectivity index (χ2n) is 4.44. The Morgan fingerprint density at radius 3 is 2.68 bits per heavy atom. The van der Waals surface area contributed by atoms with E-state index in [1.165, 1.54) is 16.7 Å². The summed E-state index contributed by atoms with van der Waals surface area (Å²) < 4.78 is 5.37. The summed E-state index contributed by atoms with van der Waals surface area (Å²) in [6.45, 7) is 5.49. The third-order valence-corrected chi connectivity index (χ3v) is 2.99. The number of methoxy groups -OCH3 is 1. The number of ether oxygens (including phenoxy) is 1. The van der Waals surface area contributed by atoms with Gasteiger partial charge < -0.3 is 15.2 Å². The number of aryl methyl sites for hydroxylation is 2. The van der Waals surface area contributed by atoms with Crippen molar-refractivity contribution in [1.82, 2.24) is 5.32 Å². The quantitative estimate of drug-likeness (QED) is 0.584. The lowest BCUT2D eigenvalue weighted by Crippen LogP contribution is -2.17. The van der Waals surface area contributed by atoms with Gasteiger partial charge in [0, 0.05) is 12.6 Å². The van der Waals surface area contributed by atoms with Crippen LogP contribution in [0.15, 0.2) is 24.3 Å². The molecule has 0 fully saturated rings. The second kappa shape index (κ2) is 7.59. The third kappa shape index (κ3) is 5.14. The fraction of sp³-hybridized carbons (Fsp3) is 0.400. The molecule has 0 aromatic heterocycles. The zero-order valence-corrected chi connectivity index (χ0v) is 11.7. The molecule has 0 amide bonds. The molecule has 0 aliphatic heterocycles. The number of hydrogen-bond acceptors (Lipinski definition) is 3. The average Bonchev–Trinajstić information content (AvgIpc) is 2.36. The van der Waals surface area contributed by atoms with E-state index in [9.17, 15) is 4.79 Å². The molecule has 0 saturated heterocycles. The molecule has 0 radical (unpaired) electrons. The zero-order chi connectivity index (χ0) is 14.3. The molecule has 0 spiro atoms. The number of carbonyl (C=O) groups is 1. The fourth-order valence-corrected chi connectivity index (χ4v) is 1.80. The Bertz CT molecular complexity index is 467. The van der Waals surface area contributed by atoms with E-state index in [0.717, 1.165) is 24.8 Å². The van der Waals surface area contributed by atoms with Crippen molar-refractivity contribution in [2.45, 2.75) is 20.3 Å². The van der Waals surface area contributed by atoms with Gasteiger partial charge in [0.2, 0.25) is 0 Å². The van der Waals surface area contributed by atoms with Gasteiger partial charge in [-0.3, -0.25) is 0 Å². The molecular formula is C15H21NO3. The average molecular weight is 263 g/mol. The van der Waals surface area contributed by atoms with Gasteiger partial charge in [0.05, 0.1) is 7.11 Å². The number of rotatable bonds is 7. The van der Waals surface area contributed by atoms with Crippen molar-refractivity contribution >= 4 is 5.97 Å². The minimum absolute atomic E-state index is 0.555. The summed E-state index contributed by atoms with van der Waals surface area (Å²) in [5.74, 6) is -0.0105. The standard InChI is InChI=1S/C15H21NO3/c1-11-9-13(14(19-3)10-12(11)2)6-8-16-7-4-5-15(17)18/h4-5,9-10,16H,6-8H2,1-3H3,(H,17,18)/b5-4+. The van der Waals surface area contributed by atoms with Crippen LogP contribution in [0.3, 0.4) is 0 Å². The molecule has 0 saturated carbocycles. The van der Waals surface area contributed by atoms with Crippen molar-refractivity contribution in [1.29, 1.82) is 0 Å². The Kier molecular flexibility index (Phi) is 6.09. The molecule has 4 heteroatoms. The molecule has 1 rings (SSSR count). The molecule has 2 N–H and O–H groups in total. The summed E-state index contributed by atoms with van der Waals surface area (Å²) in [6.07, 6.45) is 3.59. The van der Waals surface area contributed by atoms with Gasteiger partial charge in [0.15, 0.2) is 0 Å². The minimum atomic E-state index is -0.919. The Morgan fingerprint density at radius 2 is 2.05 bits per heavy atom. The summed E-state index contributed by atoms with van der Waals surface area (Å²) in [5, 5.41) is 11.6. The zero-order valence-electron chi connectivity index (χ0n) is 11.7. The minimum Gasteiger partial charge on any atom is -0.496 e. The lowest BCUT2D eigenvalue weighted by atomic mass is 10.0. The lowest BCUT2D eigenvalue weighted by molar-refractivity contribution is -0.131. The van der Waals surface area contributed by atoms with Crippen LogP contribution < -0.4 is 10.1 Å². The Balaban J connectivity index is 2.49. The number of nitrogens with one attached hydrogen (secondary N) is 1. The molecule has 0 aliphatic carbocycles. The Morgan fingerprint density at radius 1 is 1.37 bits per heavy atom. The van der Waals surface area contributed by atoms with E-state index in [1.807, 2.05) is 0 Å². The molecule has 1 aromatic rings. The fourth-order valence-electron chi connectivity index (χ4n) is 1.80. The molecule has 0 unspecified atom stereocenters. The van der Waals surface area contributed by atoms with Crippen LogP contribution in [0, 0.1) is 13.8 Å². The van der Waals surface area contributed by atoms with Crippen LogP contribution in [0.25, 0.3) is 0 Å². The van der Waals surface area contributed by atoms with E-state index in [2.05, 4.69) is 31.3 Å². The van der Waals surface area contributed by atoms with Gasteiger partial charge in [-0.15, -0.1) is 0 Å². The highest BCUT2D eigenvalue weighted by atomic mass is 16.5. The van der Waals surface area contributed by atoms with Crippen LogP contribution in [0.1, 0.15) is 16.7 Å². The predicted molar refractivity (Wildman–Crippen MR) is 75.8 cm³/mol. The molecular weight excluding hydrogens is 242 g/mol. The highest BCUT2D eigenvalue weighted by Gasteiger charge is 2.05. The van der Waals surface area contributed by atoms with Gasteiger partial charge in [-0.05, 0) is 49.6 Å².